The summed E-state index contributed by atoms with van der Waals surface area (Å²) in [6.07, 6.45) is -7.77. The van der Waals surface area contributed by atoms with Crippen LogP contribution in [0.5, 0.6) is 0 Å². The van der Waals surface area contributed by atoms with Crippen LogP contribution in [0.3, 0.4) is 0 Å². The molecule has 0 radical (unpaired) electrons. The zero-order valence-electron chi connectivity index (χ0n) is 11.2. The van der Waals surface area contributed by atoms with E-state index < -0.39 is 60.3 Å². The molecule has 0 unspecified atom stereocenters. The first-order valence-electron chi connectivity index (χ1n) is 6.77. The summed E-state index contributed by atoms with van der Waals surface area (Å²) in [4.78, 5) is 3.70. The number of guanidine groups is 1. The molecule has 4 fully saturated rings. The summed E-state index contributed by atoms with van der Waals surface area (Å²) in [7, 11) is 0. The normalized spacial score (nSPS) is 62.4. The molecule has 4 heterocycles. The third kappa shape index (κ3) is 1.28. The molecule has 0 aromatic heterocycles. The van der Waals surface area contributed by atoms with Gasteiger partial charge in [-0.2, -0.15) is 0 Å². The molecule has 5 rings (SSSR count). The molecule has 9 atom stereocenters. The maximum Gasteiger partial charge on any atom is 0.311 e. The molecule has 3 saturated heterocycles. The van der Waals surface area contributed by atoms with Gasteiger partial charge in [0.15, 0.2) is 18.3 Å². The van der Waals surface area contributed by atoms with Crippen LogP contribution in [-0.2, 0) is 9.47 Å². The van der Waals surface area contributed by atoms with Crippen LogP contribution in [-0.4, -0.2) is 91.0 Å². The Hall–Kier alpha value is -1.05. The molecule has 0 aromatic rings. The highest BCUT2D eigenvalue weighted by molar-refractivity contribution is 5.80. The SMILES string of the molecule is NC1=N[C@@H](O)[C@@H]2[C@@H]3O[C@]4(O)O[C@@H]([C@@H](O)[C@@]2(N1)[C@@H]4O)[C@@]3(O)CO. The van der Waals surface area contributed by atoms with Gasteiger partial charge >= 0.3 is 5.97 Å². The van der Waals surface area contributed by atoms with Gasteiger partial charge in [0.25, 0.3) is 0 Å². The molecular weight excluding hydrogens is 302 g/mol. The Morgan fingerprint density at radius 3 is 2.45 bits per heavy atom. The third-order valence-electron chi connectivity index (χ3n) is 5.22. The van der Waals surface area contributed by atoms with E-state index in [-0.39, 0.29) is 5.96 Å². The van der Waals surface area contributed by atoms with E-state index in [1.807, 2.05) is 0 Å². The summed E-state index contributed by atoms with van der Waals surface area (Å²) < 4.78 is 10.3. The molecule has 22 heavy (non-hydrogen) atoms. The molecule has 5 aliphatic rings. The van der Waals surface area contributed by atoms with Crippen molar-refractivity contribution < 1.29 is 40.1 Å². The molecule has 1 aliphatic carbocycles. The van der Waals surface area contributed by atoms with Crippen molar-refractivity contribution in [1.82, 2.24) is 5.32 Å². The minimum atomic E-state index is -2.52. The van der Waals surface area contributed by atoms with Crippen molar-refractivity contribution in [3.63, 3.8) is 0 Å². The Morgan fingerprint density at radius 1 is 1.18 bits per heavy atom. The zero-order chi connectivity index (χ0) is 16.1. The lowest BCUT2D eigenvalue weighted by atomic mass is 9.55. The van der Waals surface area contributed by atoms with E-state index in [0.29, 0.717) is 0 Å². The average Bonchev–Trinajstić information content (AvgIpc) is 2.45. The monoisotopic (exact) mass is 319 g/mol. The molecule has 0 amide bonds. The van der Waals surface area contributed by atoms with E-state index in [0.717, 1.165) is 0 Å². The van der Waals surface area contributed by atoms with Gasteiger partial charge in [0.05, 0.1) is 12.5 Å². The quantitative estimate of drug-likeness (QED) is 0.231. The first-order valence-corrected chi connectivity index (χ1v) is 6.77. The van der Waals surface area contributed by atoms with E-state index in [1.54, 1.807) is 0 Å². The lowest BCUT2D eigenvalue weighted by Crippen LogP contribution is -2.95. The van der Waals surface area contributed by atoms with Crippen LogP contribution >= 0.6 is 0 Å². The van der Waals surface area contributed by atoms with E-state index >= 15 is 0 Å². The minimum Gasteiger partial charge on any atom is -0.393 e. The number of ether oxygens (including phenoxy) is 2. The number of aliphatic hydroxyl groups excluding tert-OH is 4. The standard InChI is InChI=1S/C11H17N3O8/c12-8-13-6(17)2-4-9(19,1-15)5-3(16)10(2,14-8)7(18)11(20,21-4)22-5/h2-7,15-20H,1H2,(H3,12,13,14)/t2-,3+,4-,5-,6-,7-,9+,10+,11-/m0/s1. The predicted molar refractivity (Wildman–Crippen MR) is 65.7 cm³/mol. The Balaban J connectivity index is 1.95. The number of nitrogens with one attached hydrogen (secondary N) is 1. The second-order valence-corrected chi connectivity index (χ2v) is 6.22. The fraction of sp³-hybridized carbons (Fsp3) is 0.909. The van der Waals surface area contributed by atoms with Crippen molar-refractivity contribution in [2.75, 3.05) is 6.61 Å². The zero-order valence-corrected chi connectivity index (χ0v) is 11.2. The van der Waals surface area contributed by atoms with Crippen molar-refractivity contribution in [3.8, 4) is 0 Å². The van der Waals surface area contributed by atoms with Gasteiger partial charge in [-0.3, -0.25) is 0 Å². The van der Waals surface area contributed by atoms with Gasteiger partial charge < -0.3 is 51.2 Å². The van der Waals surface area contributed by atoms with Crippen LogP contribution in [0.1, 0.15) is 0 Å². The van der Waals surface area contributed by atoms with Crippen LogP contribution in [0.4, 0.5) is 0 Å². The van der Waals surface area contributed by atoms with Crippen LogP contribution in [0.25, 0.3) is 0 Å². The number of hydrogen-bond donors (Lipinski definition) is 8. The Labute approximate surface area is 123 Å². The van der Waals surface area contributed by atoms with Crippen LogP contribution in [0, 0.1) is 5.92 Å². The predicted octanol–water partition coefficient (Wildman–Crippen LogP) is -5.52. The van der Waals surface area contributed by atoms with E-state index in [9.17, 15) is 30.6 Å². The highest BCUT2D eigenvalue weighted by Crippen LogP contribution is 2.58. The number of rotatable bonds is 1. The summed E-state index contributed by atoms with van der Waals surface area (Å²) in [5.41, 5.74) is 1.74. The topological polar surface area (TPSA) is 190 Å². The Morgan fingerprint density at radius 2 is 1.82 bits per heavy atom. The van der Waals surface area contributed by atoms with Crippen molar-refractivity contribution in [2.24, 2.45) is 16.6 Å². The third-order valence-corrected chi connectivity index (χ3v) is 5.22. The number of aliphatic imine (C=N–C) groups is 1. The van der Waals surface area contributed by atoms with Gasteiger partial charge in [-0.05, 0) is 0 Å². The van der Waals surface area contributed by atoms with E-state index in [1.165, 1.54) is 0 Å². The summed E-state index contributed by atoms with van der Waals surface area (Å²) in [5, 5.41) is 64.3. The molecule has 11 nitrogen and oxygen atoms in total. The summed E-state index contributed by atoms with van der Waals surface area (Å²) >= 11 is 0. The molecule has 124 valence electrons. The van der Waals surface area contributed by atoms with E-state index in [4.69, 9.17) is 15.2 Å². The summed E-state index contributed by atoms with van der Waals surface area (Å²) in [5.74, 6) is -3.95. The Kier molecular flexibility index (Phi) is 2.57. The van der Waals surface area contributed by atoms with Gasteiger partial charge in [0.2, 0.25) is 0 Å². The van der Waals surface area contributed by atoms with Crippen LogP contribution < -0.4 is 11.1 Å². The smallest absolute Gasteiger partial charge is 0.311 e. The van der Waals surface area contributed by atoms with Crippen LogP contribution in [0.2, 0.25) is 0 Å². The van der Waals surface area contributed by atoms with Crippen molar-refractivity contribution in [2.45, 2.75) is 47.8 Å². The number of aliphatic hydroxyl groups is 6. The Bertz CT molecular complexity index is 561. The minimum absolute atomic E-state index is 0.250. The van der Waals surface area contributed by atoms with Gasteiger partial charge in [0, 0.05) is 0 Å². The lowest BCUT2D eigenvalue weighted by Gasteiger charge is -2.71. The second-order valence-electron chi connectivity index (χ2n) is 6.22. The first kappa shape index (κ1) is 14.5. The number of nitrogens with two attached hydrogens (primary N) is 1. The van der Waals surface area contributed by atoms with Crippen molar-refractivity contribution in [3.05, 3.63) is 0 Å². The molecule has 11 heteroatoms. The fourth-order valence-corrected chi connectivity index (χ4v) is 4.24. The second kappa shape index (κ2) is 3.88. The molecular formula is C11H17N3O8. The van der Waals surface area contributed by atoms with Crippen molar-refractivity contribution >= 4 is 5.96 Å². The fourth-order valence-electron chi connectivity index (χ4n) is 4.24. The number of nitrogens with zero attached hydrogens (tertiary/aromatic N) is 1. The summed E-state index contributed by atoms with van der Waals surface area (Å²) in [6, 6.07) is 0. The average molecular weight is 319 g/mol. The first-order chi connectivity index (χ1) is 10.2. The maximum absolute atomic E-state index is 10.6. The van der Waals surface area contributed by atoms with Crippen LogP contribution in [0.15, 0.2) is 4.99 Å². The molecule has 4 bridgehead atoms. The molecule has 9 N–H and O–H groups in total. The van der Waals surface area contributed by atoms with E-state index in [2.05, 4.69) is 10.3 Å². The highest BCUT2D eigenvalue weighted by Gasteiger charge is 2.82. The van der Waals surface area contributed by atoms with Gasteiger partial charge in [-0.25, -0.2) is 4.99 Å². The van der Waals surface area contributed by atoms with Gasteiger partial charge in [-0.15, -0.1) is 0 Å². The van der Waals surface area contributed by atoms with Crippen molar-refractivity contribution in [1.29, 1.82) is 0 Å². The lowest BCUT2D eigenvalue weighted by molar-refractivity contribution is -0.548. The molecule has 1 saturated carbocycles. The highest BCUT2D eigenvalue weighted by atomic mass is 16.9. The molecule has 0 aromatic carbocycles. The molecule has 4 aliphatic heterocycles. The molecule has 1 spiro atoms. The number of hydrogen-bond acceptors (Lipinski definition) is 11. The van der Waals surface area contributed by atoms with Gasteiger partial charge in [0.1, 0.15) is 29.5 Å². The maximum atomic E-state index is 10.6. The largest absolute Gasteiger partial charge is 0.393 e. The van der Waals surface area contributed by atoms with Gasteiger partial charge in [-0.1, -0.05) is 0 Å². The summed E-state index contributed by atoms with van der Waals surface area (Å²) in [6.45, 7) is -0.857.